The van der Waals surface area contributed by atoms with E-state index in [0.29, 0.717) is 24.9 Å². The zero-order chi connectivity index (χ0) is 25.3. The number of likely N-dealkylation sites (tertiary alicyclic amines) is 1. The minimum absolute atomic E-state index is 0.0965. The molecule has 0 spiro atoms. The molecule has 0 radical (unpaired) electrons. The summed E-state index contributed by atoms with van der Waals surface area (Å²) in [6, 6.07) is 26.6. The number of hydrogen-bond acceptors (Lipinski definition) is 5. The second-order valence-corrected chi connectivity index (χ2v) is 8.84. The fourth-order valence-corrected chi connectivity index (χ4v) is 4.45. The van der Waals surface area contributed by atoms with E-state index in [2.05, 4.69) is 10.5 Å². The second-order valence-electron chi connectivity index (χ2n) is 8.84. The van der Waals surface area contributed by atoms with Gasteiger partial charge in [0.1, 0.15) is 7.11 Å². The number of nitrogens with one attached hydrogen (secondary N) is 1. The van der Waals surface area contributed by atoms with Gasteiger partial charge in [-0.15, -0.1) is 0 Å². The molecule has 2 N–H and O–H groups in total. The normalized spacial score (nSPS) is 17.1. The highest BCUT2D eigenvalue weighted by atomic mass is 16.6. The Morgan fingerprint density at radius 2 is 1.64 bits per heavy atom. The van der Waals surface area contributed by atoms with E-state index in [-0.39, 0.29) is 30.8 Å². The summed E-state index contributed by atoms with van der Waals surface area (Å²) in [5, 5.41) is 17.1. The number of oxime groups is 1. The van der Waals surface area contributed by atoms with Crippen molar-refractivity contribution in [1.29, 1.82) is 0 Å². The van der Waals surface area contributed by atoms with E-state index in [9.17, 15) is 14.7 Å². The number of carbonyl (C=O) groups excluding carboxylic acids is 2. The van der Waals surface area contributed by atoms with Crippen LogP contribution in [0.3, 0.4) is 0 Å². The molecule has 7 heteroatoms. The molecule has 1 aliphatic heterocycles. The summed E-state index contributed by atoms with van der Waals surface area (Å²) in [4.78, 5) is 32.6. The molecule has 0 bridgehead atoms. The molecule has 2 unspecified atom stereocenters. The standard InChI is InChI=1S/C29H31N3O4/c1-36-31-25-18-26(16-17-28(34)30-19-27(33)23-10-6-3-7-11-23)32(20-25)29(35)24-14-12-22(13-15-24)21-8-4-2-5-9-21/h2-15,26-27,33H,16-20H2,1H3,(H,30,34)/b31-25+. The number of benzene rings is 3. The highest BCUT2D eigenvalue weighted by molar-refractivity contribution is 6.00. The van der Waals surface area contributed by atoms with Gasteiger partial charge in [-0.2, -0.15) is 0 Å². The van der Waals surface area contributed by atoms with Crippen LogP contribution in [-0.2, 0) is 9.63 Å². The molecule has 4 rings (SSSR count). The van der Waals surface area contributed by atoms with Crippen molar-refractivity contribution >= 4 is 17.5 Å². The molecule has 0 saturated carbocycles. The van der Waals surface area contributed by atoms with Crippen molar-refractivity contribution < 1.29 is 19.5 Å². The Morgan fingerprint density at radius 3 is 2.31 bits per heavy atom. The van der Waals surface area contributed by atoms with Gasteiger partial charge in [-0.05, 0) is 35.2 Å². The molecule has 0 aromatic heterocycles. The molecule has 1 heterocycles. The van der Waals surface area contributed by atoms with E-state index in [1.54, 1.807) is 4.90 Å². The summed E-state index contributed by atoms with van der Waals surface area (Å²) in [5.74, 6) is -0.262. The topological polar surface area (TPSA) is 91.2 Å². The average molecular weight is 486 g/mol. The number of aliphatic hydroxyl groups excluding tert-OH is 1. The second kappa shape index (κ2) is 12.1. The van der Waals surface area contributed by atoms with Crippen LogP contribution in [0.25, 0.3) is 11.1 Å². The van der Waals surface area contributed by atoms with Crippen LogP contribution in [0, 0.1) is 0 Å². The molecule has 2 amide bonds. The molecule has 3 aromatic carbocycles. The number of hydrogen-bond donors (Lipinski definition) is 2. The average Bonchev–Trinajstić information content (AvgIpc) is 3.34. The minimum atomic E-state index is -0.765. The van der Waals surface area contributed by atoms with Crippen molar-refractivity contribution in [3.05, 3.63) is 96.1 Å². The van der Waals surface area contributed by atoms with Crippen LogP contribution in [0.15, 0.2) is 90.1 Å². The Bertz CT molecular complexity index is 1180. The summed E-state index contributed by atoms with van der Waals surface area (Å²) in [6.07, 6.45) is 0.521. The highest BCUT2D eigenvalue weighted by Crippen LogP contribution is 2.25. The lowest BCUT2D eigenvalue weighted by Crippen LogP contribution is -2.37. The van der Waals surface area contributed by atoms with Crippen LogP contribution in [0.2, 0.25) is 0 Å². The van der Waals surface area contributed by atoms with Crippen molar-refractivity contribution in [3.63, 3.8) is 0 Å². The van der Waals surface area contributed by atoms with Crippen LogP contribution in [-0.4, -0.2) is 53.8 Å². The van der Waals surface area contributed by atoms with E-state index in [1.165, 1.54) is 7.11 Å². The number of nitrogens with zero attached hydrogens (tertiary/aromatic N) is 2. The Hall–Kier alpha value is -3.97. The number of aliphatic hydroxyl groups is 1. The van der Waals surface area contributed by atoms with E-state index in [0.717, 1.165) is 22.4 Å². The quantitative estimate of drug-likeness (QED) is 0.445. The zero-order valence-corrected chi connectivity index (χ0v) is 20.3. The van der Waals surface area contributed by atoms with Gasteiger partial charge in [-0.3, -0.25) is 9.59 Å². The van der Waals surface area contributed by atoms with Gasteiger partial charge in [0.15, 0.2) is 0 Å². The fraction of sp³-hybridized carbons (Fsp3) is 0.276. The van der Waals surface area contributed by atoms with Gasteiger partial charge in [-0.25, -0.2) is 0 Å². The smallest absolute Gasteiger partial charge is 0.254 e. The largest absolute Gasteiger partial charge is 0.399 e. The fourth-order valence-electron chi connectivity index (χ4n) is 4.45. The maximum Gasteiger partial charge on any atom is 0.254 e. The first kappa shape index (κ1) is 25.1. The summed E-state index contributed by atoms with van der Waals surface area (Å²) >= 11 is 0. The molecule has 36 heavy (non-hydrogen) atoms. The van der Waals surface area contributed by atoms with Gasteiger partial charge in [0.05, 0.1) is 18.4 Å². The maximum absolute atomic E-state index is 13.4. The van der Waals surface area contributed by atoms with Crippen LogP contribution in [0.5, 0.6) is 0 Å². The molecule has 0 aliphatic carbocycles. The molecular formula is C29H31N3O4. The number of amides is 2. The van der Waals surface area contributed by atoms with Gasteiger partial charge in [0.2, 0.25) is 5.91 Å². The van der Waals surface area contributed by atoms with Crippen LogP contribution < -0.4 is 5.32 Å². The lowest BCUT2D eigenvalue weighted by molar-refractivity contribution is -0.121. The van der Waals surface area contributed by atoms with E-state index in [4.69, 9.17) is 4.84 Å². The van der Waals surface area contributed by atoms with Gasteiger partial charge in [-0.1, -0.05) is 78.0 Å². The Kier molecular flexibility index (Phi) is 8.47. The SMILES string of the molecule is CO/N=C1\CC(CCC(=O)NCC(O)c2ccccc2)N(C(=O)c2ccc(-c3ccccc3)cc2)C1. The van der Waals surface area contributed by atoms with E-state index < -0.39 is 6.10 Å². The van der Waals surface area contributed by atoms with Crippen LogP contribution >= 0.6 is 0 Å². The monoisotopic (exact) mass is 485 g/mol. The molecule has 1 saturated heterocycles. The maximum atomic E-state index is 13.4. The van der Waals surface area contributed by atoms with E-state index >= 15 is 0 Å². The van der Waals surface area contributed by atoms with Crippen molar-refractivity contribution in [2.75, 3.05) is 20.2 Å². The third kappa shape index (κ3) is 6.37. The minimum Gasteiger partial charge on any atom is -0.399 e. The lowest BCUT2D eigenvalue weighted by Gasteiger charge is -2.24. The first-order valence-electron chi connectivity index (χ1n) is 12.1. The number of carbonyl (C=O) groups is 2. The summed E-state index contributed by atoms with van der Waals surface area (Å²) < 4.78 is 0. The van der Waals surface area contributed by atoms with Crippen molar-refractivity contribution in [3.8, 4) is 11.1 Å². The zero-order valence-electron chi connectivity index (χ0n) is 20.3. The third-order valence-corrected chi connectivity index (χ3v) is 6.37. The highest BCUT2D eigenvalue weighted by Gasteiger charge is 2.34. The molecule has 186 valence electrons. The summed E-state index contributed by atoms with van der Waals surface area (Å²) in [5.41, 5.74) is 4.25. The molecule has 1 fully saturated rings. The Morgan fingerprint density at radius 1 is 1.00 bits per heavy atom. The Balaban J connectivity index is 1.37. The van der Waals surface area contributed by atoms with Crippen molar-refractivity contribution in [2.45, 2.75) is 31.4 Å². The lowest BCUT2D eigenvalue weighted by atomic mass is 10.0. The first-order chi connectivity index (χ1) is 17.5. The predicted octanol–water partition coefficient (Wildman–Crippen LogP) is 4.20. The van der Waals surface area contributed by atoms with Gasteiger partial charge >= 0.3 is 0 Å². The van der Waals surface area contributed by atoms with Gasteiger partial charge < -0.3 is 20.2 Å². The van der Waals surface area contributed by atoms with Crippen LogP contribution in [0.4, 0.5) is 0 Å². The summed E-state index contributed by atoms with van der Waals surface area (Å²) in [7, 11) is 1.49. The Labute approximate surface area is 211 Å². The van der Waals surface area contributed by atoms with Gasteiger partial charge in [0.25, 0.3) is 5.91 Å². The van der Waals surface area contributed by atoms with Crippen LogP contribution in [0.1, 0.15) is 41.3 Å². The molecule has 1 aliphatic rings. The molecular weight excluding hydrogens is 454 g/mol. The van der Waals surface area contributed by atoms with Crippen molar-refractivity contribution in [1.82, 2.24) is 10.2 Å². The predicted molar refractivity (Wildman–Crippen MR) is 139 cm³/mol. The first-order valence-corrected chi connectivity index (χ1v) is 12.1. The molecule has 7 nitrogen and oxygen atoms in total. The number of rotatable bonds is 9. The summed E-state index contributed by atoms with van der Waals surface area (Å²) in [6.45, 7) is 0.506. The van der Waals surface area contributed by atoms with Crippen molar-refractivity contribution in [2.24, 2.45) is 5.16 Å². The molecule has 2 atom stereocenters. The molecule has 3 aromatic rings. The van der Waals surface area contributed by atoms with Gasteiger partial charge in [0, 0.05) is 31.0 Å². The van der Waals surface area contributed by atoms with E-state index in [1.807, 2.05) is 84.9 Å². The third-order valence-electron chi connectivity index (χ3n) is 6.37.